The average Bonchev–Trinajstić information content (AvgIpc) is 2.96. The minimum Gasteiger partial charge on any atom is -0.497 e. The standard InChI is InChI=1S/C31H38ClN3O5S/c1-6-18-33-31(37)28(7-2)34(20-24-10-8-11-25(19-24)40-5)30(36)21-35(29-13-9-12-27(32)23(29)4)41(38,39)26-16-14-22(3)15-17-26/h8-17,19,28H,6-7,18,20-21H2,1-5H3,(H,33,37)/t28-/m0/s1. The summed E-state index contributed by atoms with van der Waals surface area (Å²) in [4.78, 5) is 28.9. The molecule has 0 spiro atoms. The second kappa shape index (κ2) is 14.4. The fraction of sp³-hybridized carbons (Fsp3) is 0.355. The van der Waals surface area contributed by atoms with E-state index in [0.717, 1.165) is 21.9 Å². The number of sulfonamides is 1. The maximum absolute atomic E-state index is 14.2. The molecule has 8 nitrogen and oxygen atoms in total. The number of methoxy groups -OCH3 is 1. The third kappa shape index (κ3) is 7.80. The number of nitrogens with zero attached hydrogens (tertiary/aromatic N) is 2. The molecule has 0 heterocycles. The van der Waals surface area contributed by atoms with Gasteiger partial charge in [-0.25, -0.2) is 8.42 Å². The number of carbonyl (C=O) groups is 2. The molecule has 0 aliphatic carbocycles. The van der Waals surface area contributed by atoms with Crippen molar-refractivity contribution in [3.8, 4) is 5.75 Å². The quantitative estimate of drug-likeness (QED) is 0.280. The van der Waals surface area contributed by atoms with Gasteiger partial charge in [-0.1, -0.05) is 61.3 Å². The van der Waals surface area contributed by atoms with Gasteiger partial charge in [-0.15, -0.1) is 0 Å². The second-order valence-electron chi connectivity index (χ2n) is 9.80. The summed E-state index contributed by atoms with van der Waals surface area (Å²) in [6, 6.07) is 17.8. The first-order valence-electron chi connectivity index (χ1n) is 13.6. The van der Waals surface area contributed by atoms with Crippen LogP contribution in [0.25, 0.3) is 0 Å². The monoisotopic (exact) mass is 599 g/mol. The summed E-state index contributed by atoms with van der Waals surface area (Å²) < 4.78 is 34.5. The maximum atomic E-state index is 14.2. The summed E-state index contributed by atoms with van der Waals surface area (Å²) >= 11 is 6.39. The predicted octanol–water partition coefficient (Wildman–Crippen LogP) is 5.49. The normalized spacial score (nSPS) is 12.0. The van der Waals surface area contributed by atoms with Crippen LogP contribution in [-0.4, -0.2) is 51.4 Å². The van der Waals surface area contributed by atoms with Gasteiger partial charge in [0.1, 0.15) is 18.3 Å². The van der Waals surface area contributed by atoms with Crippen molar-refractivity contribution >= 4 is 39.1 Å². The van der Waals surface area contributed by atoms with Crippen LogP contribution in [0.2, 0.25) is 5.02 Å². The van der Waals surface area contributed by atoms with Gasteiger partial charge in [-0.2, -0.15) is 0 Å². The van der Waals surface area contributed by atoms with Crippen LogP contribution in [0.5, 0.6) is 5.75 Å². The van der Waals surface area contributed by atoms with Crippen molar-refractivity contribution in [1.29, 1.82) is 0 Å². The molecule has 0 radical (unpaired) electrons. The molecule has 0 unspecified atom stereocenters. The lowest BCUT2D eigenvalue weighted by Crippen LogP contribution is -2.52. The van der Waals surface area contributed by atoms with Crippen LogP contribution >= 0.6 is 11.6 Å². The van der Waals surface area contributed by atoms with Crippen molar-refractivity contribution in [3.05, 3.63) is 88.4 Å². The van der Waals surface area contributed by atoms with Crippen LogP contribution in [-0.2, 0) is 26.2 Å². The highest BCUT2D eigenvalue weighted by atomic mass is 35.5. The lowest BCUT2D eigenvalue weighted by atomic mass is 10.1. The molecule has 2 amide bonds. The highest BCUT2D eigenvalue weighted by molar-refractivity contribution is 7.92. The SMILES string of the molecule is CCCNC(=O)[C@H](CC)N(Cc1cccc(OC)c1)C(=O)CN(c1cccc(Cl)c1C)S(=O)(=O)c1ccc(C)cc1. The smallest absolute Gasteiger partial charge is 0.264 e. The minimum absolute atomic E-state index is 0.0438. The summed E-state index contributed by atoms with van der Waals surface area (Å²) in [6.45, 7) is 7.36. The van der Waals surface area contributed by atoms with Crippen molar-refractivity contribution in [1.82, 2.24) is 10.2 Å². The van der Waals surface area contributed by atoms with E-state index in [4.69, 9.17) is 16.3 Å². The molecular formula is C31H38ClN3O5S. The Morgan fingerprint density at radius 1 is 1.00 bits per heavy atom. The van der Waals surface area contributed by atoms with E-state index in [0.29, 0.717) is 29.3 Å². The first kappa shape index (κ1) is 32.0. The number of benzene rings is 3. The molecule has 0 saturated carbocycles. The fourth-order valence-corrected chi connectivity index (χ4v) is 6.11. The Kier molecular flexibility index (Phi) is 11.2. The summed E-state index contributed by atoms with van der Waals surface area (Å²) in [6.07, 6.45) is 1.08. The van der Waals surface area contributed by atoms with Crippen LogP contribution < -0.4 is 14.4 Å². The molecule has 0 aliphatic heterocycles. The topological polar surface area (TPSA) is 96.0 Å². The third-order valence-corrected chi connectivity index (χ3v) is 9.00. The molecule has 0 fully saturated rings. The molecule has 10 heteroatoms. The van der Waals surface area contributed by atoms with Gasteiger partial charge in [0.15, 0.2) is 0 Å². The van der Waals surface area contributed by atoms with Gasteiger partial charge in [0, 0.05) is 18.1 Å². The van der Waals surface area contributed by atoms with Gasteiger partial charge >= 0.3 is 0 Å². The van der Waals surface area contributed by atoms with Gasteiger partial charge < -0.3 is 15.0 Å². The van der Waals surface area contributed by atoms with Crippen LogP contribution in [0.3, 0.4) is 0 Å². The van der Waals surface area contributed by atoms with Crippen molar-refractivity contribution < 1.29 is 22.7 Å². The first-order valence-corrected chi connectivity index (χ1v) is 15.4. The van der Waals surface area contributed by atoms with E-state index in [9.17, 15) is 18.0 Å². The molecule has 3 rings (SSSR count). The number of amides is 2. The molecular weight excluding hydrogens is 562 g/mol. The Balaban J connectivity index is 2.10. The molecule has 0 saturated heterocycles. The third-order valence-electron chi connectivity index (χ3n) is 6.82. The predicted molar refractivity (Wildman–Crippen MR) is 163 cm³/mol. The van der Waals surface area contributed by atoms with Crippen LogP contribution in [0.15, 0.2) is 71.6 Å². The van der Waals surface area contributed by atoms with E-state index in [1.165, 1.54) is 17.0 Å². The largest absolute Gasteiger partial charge is 0.497 e. The van der Waals surface area contributed by atoms with Gasteiger partial charge in [-0.05, 0) is 74.2 Å². The number of hydrogen-bond donors (Lipinski definition) is 1. The summed E-state index contributed by atoms with van der Waals surface area (Å²) in [5, 5.41) is 3.26. The number of halogens is 1. The summed E-state index contributed by atoms with van der Waals surface area (Å²) in [5.41, 5.74) is 2.45. The number of aryl methyl sites for hydroxylation is 1. The Hall–Kier alpha value is -3.56. The molecule has 220 valence electrons. The van der Waals surface area contributed by atoms with Crippen molar-refractivity contribution in [2.75, 3.05) is 24.5 Å². The number of carbonyl (C=O) groups excluding carboxylic acids is 2. The zero-order valence-corrected chi connectivity index (χ0v) is 25.8. The van der Waals surface area contributed by atoms with Gasteiger partial charge in [0.2, 0.25) is 11.8 Å². The number of hydrogen-bond acceptors (Lipinski definition) is 5. The molecule has 3 aromatic carbocycles. The summed E-state index contributed by atoms with van der Waals surface area (Å²) in [7, 11) is -2.63. The molecule has 0 aromatic heterocycles. The van der Waals surface area contributed by atoms with Crippen LogP contribution in [0.4, 0.5) is 5.69 Å². The molecule has 1 N–H and O–H groups in total. The molecule has 0 aliphatic rings. The highest BCUT2D eigenvalue weighted by Crippen LogP contribution is 2.31. The Morgan fingerprint density at radius 3 is 2.32 bits per heavy atom. The lowest BCUT2D eigenvalue weighted by molar-refractivity contribution is -0.140. The van der Waals surface area contributed by atoms with Crippen LogP contribution in [0.1, 0.15) is 43.4 Å². The number of rotatable bonds is 13. The van der Waals surface area contributed by atoms with Crippen molar-refractivity contribution in [3.63, 3.8) is 0 Å². The average molecular weight is 600 g/mol. The number of nitrogens with one attached hydrogen (secondary N) is 1. The zero-order chi connectivity index (χ0) is 30.2. The lowest BCUT2D eigenvalue weighted by Gasteiger charge is -2.33. The van der Waals surface area contributed by atoms with E-state index in [1.807, 2.05) is 26.8 Å². The van der Waals surface area contributed by atoms with E-state index in [-0.39, 0.29) is 23.0 Å². The van der Waals surface area contributed by atoms with E-state index < -0.39 is 28.5 Å². The van der Waals surface area contributed by atoms with Gasteiger partial charge in [0.05, 0.1) is 17.7 Å². The Labute approximate surface area is 248 Å². The number of ether oxygens (including phenoxy) is 1. The van der Waals surface area contributed by atoms with E-state index in [2.05, 4.69) is 5.32 Å². The summed E-state index contributed by atoms with van der Waals surface area (Å²) in [5.74, 6) is -0.213. The Bertz CT molecular complexity index is 1460. The van der Waals surface area contributed by atoms with Crippen molar-refractivity contribution in [2.24, 2.45) is 0 Å². The van der Waals surface area contributed by atoms with E-state index >= 15 is 0 Å². The number of anilines is 1. The van der Waals surface area contributed by atoms with E-state index in [1.54, 1.807) is 62.6 Å². The Morgan fingerprint density at radius 2 is 1.68 bits per heavy atom. The second-order valence-corrected chi connectivity index (χ2v) is 12.1. The molecule has 1 atom stereocenters. The highest BCUT2D eigenvalue weighted by Gasteiger charge is 2.34. The molecule has 0 bridgehead atoms. The maximum Gasteiger partial charge on any atom is 0.264 e. The fourth-order valence-electron chi connectivity index (χ4n) is 4.47. The van der Waals surface area contributed by atoms with Gasteiger partial charge in [0.25, 0.3) is 10.0 Å². The molecule has 41 heavy (non-hydrogen) atoms. The molecule has 3 aromatic rings. The van der Waals surface area contributed by atoms with Crippen LogP contribution in [0, 0.1) is 13.8 Å². The minimum atomic E-state index is -4.18. The first-order chi connectivity index (χ1) is 19.5. The van der Waals surface area contributed by atoms with Gasteiger partial charge in [-0.3, -0.25) is 13.9 Å². The zero-order valence-electron chi connectivity index (χ0n) is 24.2. The van der Waals surface area contributed by atoms with Crippen molar-refractivity contribution in [2.45, 2.75) is 58.0 Å².